The van der Waals surface area contributed by atoms with Gasteiger partial charge in [0.05, 0.1) is 5.56 Å². The number of aromatic nitrogens is 1. The summed E-state index contributed by atoms with van der Waals surface area (Å²) in [4.78, 5) is 17.9. The van der Waals surface area contributed by atoms with Gasteiger partial charge in [-0.05, 0) is 37.4 Å². The first kappa shape index (κ1) is 11.1. The summed E-state index contributed by atoms with van der Waals surface area (Å²) in [7, 11) is 0. The Bertz CT molecular complexity index is 345. The Kier molecular flexibility index (Phi) is 3.51. The Morgan fingerprint density at radius 2 is 2.25 bits per heavy atom. The van der Waals surface area contributed by atoms with Gasteiger partial charge in [-0.15, -0.1) is 0 Å². The highest BCUT2D eigenvalue weighted by molar-refractivity contribution is 5.93. The van der Waals surface area contributed by atoms with Crippen LogP contribution in [0.1, 0.15) is 23.2 Å². The lowest BCUT2D eigenvalue weighted by molar-refractivity contribution is 0.0693. The number of nitrogens with two attached hydrogens (primary N) is 1. The van der Waals surface area contributed by atoms with E-state index in [2.05, 4.69) is 4.98 Å². The van der Waals surface area contributed by atoms with Gasteiger partial charge in [0.25, 0.3) is 5.91 Å². The third-order valence-corrected chi connectivity index (χ3v) is 3.14. The molecule has 0 unspecified atom stereocenters. The van der Waals surface area contributed by atoms with Crippen molar-refractivity contribution in [3.63, 3.8) is 0 Å². The quantitative estimate of drug-likeness (QED) is 0.803. The van der Waals surface area contributed by atoms with Crippen LogP contribution in [-0.4, -0.2) is 35.4 Å². The minimum Gasteiger partial charge on any atom is -0.339 e. The van der Waals surface area contributed by atoms with E-state index in [1.165, 1.54) is 0 Å². The molecule has 0 atom stereocenters. The number of likely N-dealkylation sites (tertiary alicyclic amines) is 1. The van der Waals surface area contributed by atoms with Gasteiger partial charge in [0.15, 0.2) is 0 Å². The van der Waals surface area contributed by atoms with Gasteiger partial charge in [0, 0.05) is 25.5 Å². The van der Waals surface area contributed by atoms with Gasteiger partial charge in [-0.3, -0.25) is 9.78 Å². The monoisotopic (exact) mass is 219 g/mol. The van der Waals surface area contributed by atoms with Crippen molar-refractivity contribution in [2.45, 2.75) is 12.8 Å². The number of carbonyl (C=O) groups is 1. The molecule has 2 heterocycles. The Morgan fingerprint density at radius 1 is 1.50 bits per heavy atom. The second-order valence-electron chi connectivity index (χ2n) is 4.21. The van der Waals surface area contributed by atoms with Crippen LogP contribution < -0.4 is 5.73 Å². The van der Waals surface area contributed by atoms with Gasteiger partial charge in [-0.1, -0.05) is 0 Å². The van der Waals surface area contributed by atoms with E-state index in [4.69, 9.17) is 5.73 Å². The average Bonchev–Trinajstić information content (AvgIpc) is 2.39. The molecule has 0 radical (unpaired) electrons. The van der Waals surface area contributed by atoms with Gasteiger partial charge in [-0.25, -0.2) is 0 Å². The highest BCUT2D eigenvalue weighted by atomic mass is 16.2. The molecule has 0 spiro atoms. The molecular weight excluding hydrogens is 202 g/mol. The maximum absolute atomic E-state index is 12.0. The molecule has 2 rings (SSSR count). The highest BCUT2D eigenvalue weighted by Crippen LogP contribution is 2.17. The molecule has 0 aromatic carbocycles. The summed E-state index contributed by atoms with van der Waals surface area (Å²) in [6.07, 6.45) is 5.33. The molecule has 1 aliphatic rings. The second-order valence-corrected chi connectivity index (χ2v) is 4.21. The van der Waals surface area contributed by atoms with E-state index < -0.39 is 0 Å². The third kappa shape index (κ3) is 2.39. The maximum Gasteiger partial charge on any atom is 0.255 e. The van der Waals surface area contributed by atoms with E-state index >= 15 is 0 Å². The molecule has 0 bridgehead atoms. The minimum absolute atomic E-state index is 0.0866. The van der Waals surface area contributed by atoms with Crippen molar-refractivity contribution in [1.82, 2.24) is 9.88 Å². The number of hydrogen-bond donors (Lipinski definition) is 1. The molecule has 1 aromatic heterocycles. The van der Waals surface area contributed by atoms with E-state index in [1.54, 1.807) is 18.5 Å². The van der Waals surface area contributed by atoms with Gasteiger partial charge in [-0.2, -0.15) is 0 Å². The third-order valence-electron chi connectivity index (χ3n) is 3.14. The van der Waals surface area contributed by atoms with Crippen LogP contribution in [0.2, 0.25) is 0 Å². The molecule has 1 aliphatic heterocycles. The predicted molar refractivity (Wildman–Crippen MR) is 61.9 cm³/mol. The first-order valence-electron chi connectivity index (χ1n) is 5.70. The molecular formula is C12H17N3O. The summed E-state index contributed by atoms with van der Waals surface area (Å²) in [6.45, 7) is 2.36. The minimum atomic E-state index is 0.0866. The Balaban J connectivity index is 1.97. The van der Waals surface area contributed by atoms with E-state index in [0.717, 1.165) is 32.5 Å². The predicted octanol–water partition coefficient (Wildman–Crippen LogP) is 0.892. The van der Waals surface area contributed by atoms with Gasteiger partial charge in [0.2, 0.25) is 0 Å². The van der Waals surface area contributed by atoms with Crippen molar-refractivity contribution >= 4 is 5.91 Å². The fraction of sp³-hybridized carbons (Fsp3) is 0.500. The van der Waals surface area contributed by atoms with E-state index in [1.807, 2.05) is 11.0 Å². The largest absolute Gasteiger partial charge is 0.339 e. The number of rotatable bonds is 2. The first-order valence-corrected chi connectivity index (χ1v) is 5.70. The normalized spacial score (nSPS) is 17.4. The van der Waals surface area contributed by atoms with Crippen molar-refractivity contribution in [2.75, 3.05) is 19.6 Å². The number of piperidine rings is 1. The van der Waals surface area contributed by atoms with Crippen LogP contribution in [0.3, 0.4) is 0 Å². The maximum atomic E-state index is 12.0. The van der Waals surface area contributed by atoms with Crippen molar-refractivity contribution in [1.29, 1.82) is 0 Å². The van der Waals surface area contributed by atoms with Crippen LogP contribution >= 0.6 is 0 Å². The lowest BCUT2D eigenvalue weighted by Crippen LogP contribution is -2.40. The topological polar surface area (TPSA) is 59.2 Å². The second kappa shape index (κ2) is 5.07. The number of pyridine rings is 1. The fourth-order valence-corrected chi connectivity index (χ4v) is 2.04. The summed E-state index contributed by atoms with van der Waals surface area (Å²) in [5.74, 6) is 0.668. The molecule has 4 nitrogen and oxygen atoms in total. The van der Waals surface area contributed by atoms with Crippen LogP contribution in [0.5, 0.6) is 0 Å². The summed E-state index contributed by atoms with van der Waals surface area (Å²) in [5, 5.41) is 0. The molecule has 86 valence electrons. The Morgan fingerprint density at radius 3 is 2.81 bits per heavy atom. The van der Waals surface area contributed by atoms with Crippen molar-refractivity contribution in [3.05, 3.63) is 30.1 Å². The zero-order chi connectivity index (χ0) is 11.4. The number of nitrogens with zero attached hydrogens (tertiary/aromatic N) is 2. The summed E-state index contributed by atoms with van der Waals surface area (Å²) in [5.41, 5.74) is 6.30. The molecule has 1 amide bonds. The van der Waals surface area contributed by atoms with Gasteiger partial charge < -0.3 is 10.6 Å². The van der Waals surface area contributed by atoms with Crippen molar-refractivity contribution < 1.29 is 4.79 Å². The lowest BCUT2D eigenvalue weighted by Gasteiger charge is -2.31. The molecule has 2 N–H and O–H groups in total. The van der Waals surface area contributed by atoms with E-state index in [-0.39, 0.29) is 5.91 Å². The Labute approximate surface area is 95.5 Å². The Hall–Kier alpha value is -1.42. The van der Waals surface area contributed by atoms with E-state index in [9.17, 15) is 4.79 Å². The number of hydrogen-bond acceptors (Lipinski definition) is 3. The van der Waals surface area contributed by atoms with Gasteiger partial charge in [0.1, 0.15) is 0 Å². The van der Waals surface area contributed by atoms with Crippen LogP contribution in [0.15, 0.2) is 24.5 Å². The molecule has 0 aliphatic carbocycles. The lowest BCUT2D eigenvalue weighted by atomic mass is 9.97. The van der Waals surface area contributed by atoms with Crippen LogP contribution in [-0.2, 0) is 0 Å². The molecule has 0 saturated carbocycles. The highest BCUT2D eigenvalue weighted by Gasteiger charge is 2.22. The number of amides is 1. The smallest absolute Gasteiger partial charge is 0.255 e. The van der Waals surface area contributed by atoms with Crippen molar-refractivity contribution in [3.8, 4) is 0 Å². The van der Waals surface area contributed by atoms with Crippen LogP contribution in [0, 0.1) is 5.92 Å². The standard InChI is InChI=1S/C12H17N3O/c13-8-10-3-6-15(7-4-10)12(16)11-2-1-5-14-9-11/h1-2,5,9-10H,3-4,6-8,13H2. The molecule has 1 fully saturated rings. The molecule has 4 heteroatoms. The SMILES string of the molecule is NCC1CCN(C(=O)c2cccnc2)CC1. The van der Waals surface area contributed by atoms with Crippen LogP contribution in [0.4, 0.5) is 0 Å². The molecule has 1 saturated heterocycles. The molecule has 1 aromatic rings. The average molecular weight is 219 g/mol. The zero-order valence-electron chi connectivity index (χ0n) is 9.30. The number of carbonyl (C=O) groups excluding carboxylic acids is 1. The first-order chi connectivity index (χ1) is 7.81. The summed E-state index contributed by atoms with van der Waals surface area (Å²) < 4.78 is 0. The fourth-order valence-electron chi connectivity index (χ4n) is 2.04. The summed E-state index contributed by atoms with van der Waals surface area (Å²) >= 11 is 0. The zero-order valence-corrected chi connectivity index (χ0v) is 9.30. The van der Waals surface area contributed by atoms with E-state index in [0.29, 0.717) is 11.5 Å². The van der Waals surface area contributed by atoms with Crippen molar-refractivity contribution in [2.24, 2.45) is 11.7 Å². The molecule has 16 heavy (non-hydrogen) atoms. The summed E-state index contributed by atoms with van der Waals surface area (Å²) in [6, 6.07) is 3.60. The van der Waals surface area contributed by atoms with Gasteiger partial charge >= 0.3 is 0 Å². The van der Waals surface area contributed by atoms with Crippen LogP contribution in [0.25, 0.3) is 0 Å².